The first-order valence-corrected chi connectivity index (χ1v) is 8.94. The summed E-state index contributed by atoms with van der Waals surface area (Å²) >= 11 is 0. The normalized spacial score (nSPS) is 10.6. The van der Waals surface area contributed by atoms with Crippen molar-refractivity contribution >= 4 is 5.91 Å². The van der Waals surface area contributed by atoms with Gasteiger partial charge in [-0.1, -0.05) is 24.3 Å². The highest BCUT2D eigenvalue weighted by Crippen LogP contribution is 2.16. The van der Waals surface area contributed by atoms with E-state index in [1.807, 2.05) is 30.3 Å². The average molecular weight is 383 g/mol. The van der Waals surface area contributed by atoms with Crippen LogP contribution in [0.5, 0.6) is 5.75 Å². The highest BCUT2D eigenvalue weighted by Gasteiger charge is 2.09. The standard InChI is InChI=1S/C21H22FN3O3/c1-16-23-9-10-25(16)20-8-7-17(13-19(20)22)14-24-21(26)15-27-11-12-28-18-5-3-2-4-6-18/h2-10,13H,11-12,14-15H2,1H3,(H,24,26). The summed E-state index contributed by atoms with van der Waals surface area (Å²) < 4.78 is 26.8. The van der Waals surface area contributed by atoms with Gasteiger partial charge in [-0.2, -0.15) is 0 Å². The molecule has 0 fully saturated rings. The van der Waals surface area contributed by atoms with Crippen molar-refractivity contribution in [2.75, 3.05) is 19.8 Å². The molecule has 0 unspecified atom stereocenters. The first kappa shape index (κ1) is 19.6. The smallest absolute Gasteiger partial charge is 0.246 e. The van der Waals surface area contributed by atoms with Crippen LogP contribution in [-0.4, -0.2) is 35.3 Å². The zero-order valence-electron chi connectivity index (χ0n) is 15.6. The van der Waals surface area contributed by atoms with Crippen LogP contribution >= 0.6 is 0 Å². The van der Waals surface area contributed by atoms with Gasteiger partial charge in [0.2, 0.25) is 5.91 Å². The monoisotopic (exact) mass is 383 g/mol. The maximum Gasteiger partial charge on any atom is 0.246 e. The largest absolute Gasteiger partial charge is 0.491 e. The zero-order chi connectivity index (χ0) is 19.8. The molecular formula is C21H22FN3O3. The lowest BCUT2D eigenvalue weighted by atomic mass is 10.2. The van der Waals surface area contributed by atoms with Gasteiger partial charge in [0.1, 0.15) is 30.6 Å². The summed E-state index contributed by atoms with van der Waals surface area (Å²) in [5.74, 6) is 0.817. The molecule has 0 bridgehead atoms. The SMILES string of the molecule is Cc1nccn1-c1ccc(CNC(=O)COCCOc2ccccc2)cc1F. The number of benzene rings is 2. The molecule has 1 heterocycles. The average Bonchev–Trinajstić information content (AvgIpc) is 3.12. The Morgan fingerprint density at radius 3 is 2.71 bits per heavy atom. The van der Waals surface area contributed by atoms with Gasteiger partial charge in [0.25, 0.3) is 0 Å². The molecular weight excluding hydrogens is 361 g/mol. The molecule has 3 aromatic rings. The predicted octanol–water partition coefficient (Wildman–Crippen LogP) is 3.03. The lowest BCUT2D eigenvalue weighted by Gasteiger charge is -2.10. The van der Waals surface area contributed by atoms with E-state index in [0.717, 1.165) is 5.75 Å². The van der Waals surface area contributed by atoms with Crippen molar-refractivity contribution < 1.29 is 18.7 Å². The van der Waals surface area contributed by atoms with Gasteiger partial charge in [0, 0.05) is 18.9 Å². The third-order valence-electron chi connectivity index (χ3n) is 4.06. The van der Waals surface area contributed by atoms with E-state index in [4.69, 9.17) is 9.47 Å². The van der Waals surface area contributed by atoms with E-state index in [0.29, 0.717) is 30.3 Å². The molecule has 1 N–H and O–H groups in total. The van der Waals surface area contributed by atoms with Gasteiger partial charge in [-0.3, -0.25) is 4.79 Å². The number of carbonyl (C=O) groups excluding carboxylic acids is 1. The van der Waals surface area contributed by atoms with E-state index >= 15 is 0 Å². The van der Waals surface area contributed by atoms with Gasteiger partial charge in [0.05, 0.1) is 12.3 Å². The van der Waals surface area contributed by atoms with Crippen LogP contribution in [-0.2, 0) is 16.1 Å². The fourth-order valence-electron chi connectivity index (χ4n) is 2.64. The highest BCUT2D eigenvalue weighted by atomic mass is 19.1. The minimum absolute atomic E-state index is 0.0764. The molecule has 146 valence electrons. The second-order valence-corrected chi connectivity index (χ2v) is 6.12. The minimum Gasteiger partial charge on any atom is -0.491 e. The van der Waals surface area contributed by atoms with Crippen molar-refractivity contribution in [3.8, 4) is 11.4 Å². The number of carbonyl (C=O) groups is 1. The van der Waals surface area contributed by atoms with Gasteiger partial charge in [-0.25, -0.2) is 9.37 Å². The molecule has 6 nitrogen and oxygen atoms in total. The Morgan fingerprint density at radius 2 is 2.00 bits per heavy atom. The fraction of sp³-hybridized carbons (Fsp3) is 0.238. The maximum absolute atomic E-state index is 14.3. The van der Waals surface area contributed by atoms with Gasteiger partial charge >= 0.3 is 0 Å². The second-order valence-electron chi connectivity index (χ2n) is 6.12. The van der Waals surface area contributed by atoms with Gasteiger partial charge in [0.15, 0.2) is 0 Å². The number of halogens is 1. The van der Waals surface area contributed by atoms with Crippen LogP contribution in [0.4, 0.5) is 4.39 Å². The van der Waals surface area contributed by atoms with Crippen molar-refractivity contribution in [3.05, 3.63) is 78.1 Å². The summed E-state index contributed by atoms with van der Waals surface area (Å²) in [4.78, 5) is 15.9. The lowest BCUT2D eigenvalue weighted by Crippen LogP contribution is -2.28. The number of imidazole rings is 1. The van der Waals surface area contributed by atoms with Crippen LogP contribution in [0.15, 0.2) is 60.9 Å². The Bertz CT molecular complexity index is 912. The Hall–Kier alpha value is -3.19. The predicted molar refractivity (Wildman–Crippen MR) is 103 cm³/mol. The Balaban J connectivity index is 1.38. The van der Waals surface area contributed by atoms with Crippen molar-refractivity contribution in [2.45, 2.75) is 13.5 Å². The number of ether oxygens (including phenoxy) is 2. The first-order chi connectivity index (χ1) is 13.6. The number of hydrogen-bond acceptors (Lipinski definition) is 4. The van der Waals surface area contributed by atoms with Crippen molar-refractivity contribution in [2.24, 2.45) is 0 Å². The van der Waals surface area contributed by atoms with Gasteiger partial charge in [-0.05, 0) is 36.8 Å². The molecule has 2 aromatic carbocycles. The van der Waals surface area contributed by atoms with Crippen molar-refractivity contribution in [1.82, 2.24) is 14.9 Å². The van der Waals surface area contributed by atoms with Crippen LogP contribution in [0.25, 0.3) is 5.69 Å². The van der Waals surface area contributed by atoms with E-state index in [1.54, 1.807) is 36.0 Å². The topological polar surface area (TPSA) is 65.4 Å². The Morgan fingerprint density at radius 1 is 1.18 bits per heavy atom. The number of rotatable bonds is 9. The van der Waals surface area contributed by atoms with Gasteiger partial charge < -0.3 is 19.4 Å². The quantitative estimate of drug-likeness (QED) is 0.577. The van der Waals surface area contributed by atoms with Crippen molar-refractivity contribution in [3.63, 3.8) is 0 Å². The number of nitrogens with one attached hydrogen (secondary N) is 1. The number of para-hydroxylation sites is 1. The minimum atomic E-state index is -0.373. The molecule has 0 aliphatic carbocycles. The van der Waals surface area contributed by atoms with Crippen LogP contribution in [0.2, 0.25) is 0 Å². The molecule has 28 heavy (non-hydrogen) atoms. The second kappa shape index (κ2) is 9.66. The summed E-state index contributed by atoms with van der Waals surface area (Å²) in [7, 11) is 0. The molecule has 0 saturated carbocycles. The summed E-state index contributed by atoms with van der Waals surface area (Å²) in [6.45, 7) is 2.61. The van der Waals surface area contributed by atoms with Crippen LogP contribution in [0.1, 0.15) is 11.4 Å². The van der Waals surface area contributed by atoms with E-state index in [9.17, 15) is 9.18 Å². The zero-order valence-corrected chi connectivity index (χ0v) is 15.6. The lowest BCUT2D eigenvalue weighted by molar-refractivity contribution is -0.126. The third-order valence-corrected chi connectivity index (χ3v) is 4.06. The van der Waals surface area contributed by atoms with E-state index in [2.05, 4.69) is 10.3 Å². The molecule has 0 aliphatic heterocycles. The highest BCUT2D eigenvalue weighted by molar-refractivity contribution is 5.77. The maximum atomic E-state index is 14.3. The summed E-state index contributed by atoms with van der Waals surface area (Å²) in [5.41, 5.74) is 1.09. The molecule has 0 aliphatic rings. The van der Waals surface area contributed by atoms with Crippen LogP contribution < -0.4 is 10.1 Å². The van der Waals surface area contributed by atoms with Crippen LogP contribution in [0.3, 0.4) is 0 Å². The van der Waals surface area contributed by atoms with Gasteiger partial charge in [-0.15, -0.1) is 0 Å². The first-order valence-electron chi connectivity index (χ1n) is 8.94. The third kappa shape index (κ3) is 5.40. The summed E-state index contributed by atoms with van der Waals surface area (Å²) in [6.07, 6.45) is 3.32. The van der Waals surface area contributed by atoms with Crippen molar-refractivity contribution in [1.29, 1.82) is 0 Å². The van der Waals surface area contributed by atoms with Crippen LogP contribution in [0, 0.1) is 12.7 Å². The molecule has 0 saturated heterocycles. The van der Waals surface area contributed by atoms with E-state index in [-0.39, 0.29) is 24.9 Å². The molecule has 3 rings (SSSR count). The number of hydrogen-bond donors (Lipinski definition) is 1. The molecule has 0 spiro atoms. The summed E-state index contributed by atoms with van der Waals surface area (Å²) in [5, 5.41) is 2.71. The van der Waals surface area contributed by atoms with E-state index in [1.165, 1.54) is 6.07 Å². The number of nitrogens with zero attached hydrogens (tertiary/aromatic N) is 2. The molecule has 7 heteroatoms. The number of aromatic nitrogens is 2. The molecule has 0 radical (unpaired) electrons. The fourth-order valence-corrected chi connectivity index (χ4v) is 2.64. The Kier molecular flexibility index (Phi) is 6.75. The molecule has 0 atom stereocenters. The number of aryl methyl sites for hydroxylation is 1. The summed E-state index contributed by atoms with van der Waals surface area (Å²) in [6, 6.07) is 14.2. The molecule has 1 aromatic heterocycles. The molecule has 1 amide bonds. The Labute approximate surface area is 162 Å². The number of amides is 1. The van der Waals surface area contributed by atoms with E-state index < -0.39 is 0 Å².